The molecule has 7 nitrogen and oxygen atoms in total. The molecule has 154 valence electrons. The van der Waals surface area contributed by atoms with E-state index in [1.54, 1.807) is 6.92 Å². The number of urea groups is 1. The standard InChI is InChI=1S/C21H24FN3O4/c1-13-15(8-10-28-13)20(26)24-17-12-14(6-7-16(17)22)23-21(27)25-9-11-29-19-5-3-2-4-18(19)25/h6-8,10,12,18-19H,2-5,9,11H2,1H3,(H,23,27)(H,24,26)/t18-,19+/m1/s1. The Kier molecular flexibility index (Phi) is 5.53. The van der Waals surface area contributed by atoms with Gasteiger partial charge in [0.15, 0.2) is 0 Å². The maximum atomic E-state index is 14.2. The molecule has 4 rings (SSSR count). The quantitative estimate of drug-likeness (QED) is 0.809. The van der Waals surface area contributed by atoms with Crippen LogP contribution in [0.2, 0.25) is 0 Å². The number of aryl methyl sites for hydroxylation is 1. The number of carbonyl (C=O) groups excluding carboxylic acids is 2. The van der Waals surface area contributed by atoms with Gasteiger partial charge >= 0.3 is 6.03 Å². The van der Waals surface area contributed by atoms with Crippen molar-refractivity contribution in [2.24, 2.45) is 0 Å². The van der Waals surface area contributed by atoms with Crippen molar-refractivity contribution in [1.82, 2.24) is 4.90 Å². The van der Waals surface area contributed by atoms with Crippen molar-refractivity contribution >= 4 is 23.3 Å². The van der Waals surface area contributed by atoms with Crippen molar-refractivity contribution in [1.29, 1.82) is 0 Å². The highest BCUT2D eigenvalue weighted by molar-refractivity contribution is 6.05. The minimum absolute atomic E-state index is 0.00841. The number of anilines is 2. The van der Waals surface area contributed by atoms with Gasteiger partial charge in [-0.25, -0.2) is 9.18 Å². The van der Waals surface area contributed by atoms with Gasteiger partial charge in [-0.1, -0.05) is 12.8 Å². The van der Waals surface area contributed by atoms with Crippen LogP contribution in [0.25, 0.3) is 0 Å². The summed E-state index contributed by atoms with van der Waals surface area (Å²) >= 11 is 0. The zero-order valence-corrected chi connectivity index (χ0v) is 16.2. The third kappa shape index (κ3) is 4.12. The number of rotatable bonds is 3. The van der Waals surface area contributed by atoms with Crippen LogP contribution in [0.15, 0.2) is 34.9 Å². The molecule has 1 aliphatic carbocycles. The highest BCUT2D eigenvalue weighted by Crippen LogP contribution is 2.29. The minimum Gasteiger partial charge on any atom is -0.469 e. The maximum absolute atomic E-state index is 14.2. The predicted molar refractivity (Wildman–Crippen MR) is 106 cm³/mol. The SMILES string of the molecule is Cc1occc1C(=O)Nc1cc(NC(=O)N2CCO[C@H]3CCCC[C@H]32)ccc1F. The van der Waals surface area contributed by atoms with Crippen molar-refractivity contribution in [3.05, 3.63) is 47.7 Å². The molecule has 3 amide bonds. The topological polar surface area (TPSA) is 83.8 Å². The number of amides is 3. The van der Waals surface area contributed by atoms with Crippen LogP contribution in [0, 0.1) is 12.7 Å². The Labute approximate surface area is 168 Å². The molecule has 2 aromatic rings. The first kappa shape index (κ1) is 19.4. The van der Waals surface area contributed by atoms with Crippen molar-refractivity contribution < 1.29 is 23.1 Å². The second-order valence-corrected chi connectivity index (χ2v) is 7.42. The Morgan fingerprint density at radius 1 is 1.17 bits per heavy atom. The highest BCUT2D eigenvalue weighted by Gasteiger charge is 2.36. The molecular weight excluding hydrogens is 377 g/mol. The fraction of sp³-hybridized carbons (Fsp3) is 0.429. The van der Waals surface area contributed by atoms with E-state index in [-0.39, 0.29) is 23.9 Å². The molecular formula is C21H24FN3O4. The van der Waals surface area contributed by atoms with E-state index in [2.05, 4.69) is 10.6 Å². The van der Waals surface area contributed by atoms with E-state index in [1.807, 2.05) is 4.90 Å². The molecule has 0 radical (unpaired) electrons. The average molecular weight is 401 g/mol. The highest BCUT2D eigenvalue weighted by atomic mass is 19.1. The van der Waals surface area contributed by atoms with Gasteiger partial charge in [-0.15, -0.1) is 0 Å². The summed E-state index contributed by atoms with van der Waals surface area (Å²) in [4.78, 5) is 27.0. The number of hydrogen-bond donors (Lipinski definition) is 2. The summed E-state index contributed by atoms with van der Waals surface area (Å²) in [5.74, 6) is -0.616. The first-order valence-electron chi connectivity index (χ1n) is 9.87. The van der Waals surface area contributed by atoms with E-state index in [9.17, 15) is 14.0 Å². The molecule has 2 atom stereocenters. The molecule has 2 fully saturated rings. The van der Waals surface area contributed by atoms with E-state index < -0.39 is 11.7 Å². The lowest BCUT2D eigenvalue weighted by Gasteiger charge is -2.43. The zero-order chi connectivity index (χ0) is 20.4. The molecule has 2 aliphatic rings. The molecule has 1 aliphatic heterocycles. The fourth-order valence-electron chi connectivity index (χ4n) is 4.05. The van der Waals surface area contributed by atoms with Crippen LogP contribution in [-0.2, 0) is 4.74 Å². The molecule has 2 heterocycles. The second kappa shape index (κ2) is 8.24. The number of nitrogens with zero attached hydrogens (tertiary/aromatic N) is 1. The smallest absolute Gasteiger partial charge is 0.322 e. The minimum atomic E-state index is -0.587. The van der Waals surface area contributed by atoms with Crippen molar-refractivity contribution in [2.75, 3.05) is 23.8 Å². The van der Waals surface area contributed by atoms with E-state index in [0.29, 0.717) is 30.2 Å². The van der Waals surface area contributed by atoms with Crippen LogP contribution in [0.3, 0.4) is 0 Å². The van der Waals surface area contributed by atoms with Gasteiger partial charge in [0.2, 0.25) is 0 Å². The predicted octanol–water partition coefficient (Wildman–Crippen LogP) is 4.15. The van der Waals surface area contributed by atoms with Gasteiger partial charge in [0.1, 0.15) is 11.6 Å². The summed E-state index contributed by atoms with van der Waals surface area (Å²) < 4.78 is 25.1. The molecule has 8 heteroatoms. The van der Waals surface area contributed by atoms with Gasteiger partial charge < -0.3 is 24.7 Å². The number of benzene rings is 1. The number of halogens is 1. The Bertz CT molecular complexity index is 911. The van der Waals surface area contributed by atoms with Crippen LogP contribution in [0.4, 0.5) is 20.6 Å². The van der Waals surface area contributed by atoms with Crippen LogP contribution < -0.4 is 10.6 Å². The van der Waals surface area contributed by atoms with Gasteiger partial charge in [0.25, 0.3) is 5.91 Å². The van der Waals surface area contributed by atoms with Gasteiger partial charge in [0.05, 0.1) is 36.3 Å². The molecule has 1 saturated carbocycles. The third-order valence-electron chi connectivity index (χ3n) is 5.56. The summed E-state index contributed by atoms with van der Waals surface area (Å²) in [6, 6.07) is 5.47. The summed E-state index contributed by atoms with van der Waals surface area (Å²) in [5, 5.41) is 5.36. The number of ether oxygens (including phenoxy) is 1. The van der Waals surface area contributed by atoms with Gasteiger partial charge in [-0.2, -0.15) is 0 Å². The second-order valence-electron chi connectivity index (χ2n) is 7.42. The van der Waals surface area contributed by atoms with Gasteiger partial charge in [-0.3, -0.25) is 4.79 Å². The number of fused-ring (bicyclic) bond motifs is 1. The molecule has 0 unspecified atom stereocenters. The van der Waals surface area contributed by atoms with E-state index in [0.717, 1.165) is 25.7 Å². The maximum Gasteiger partial charge on any atom is 0.322 e. The van der Waals surface area contributed by atoms with Crippen LogP contribution in [0.5, 0.6) is 0 Å². The molecule has 1 aromatic heterocycles. The number of nitrogens with one attached hydrogen (secondary N) is 2. The van der Waals surface area contributed by atoms with Gasteiger partial charge in [0, 0.05) is 12.2 Å². The summed E-state index contributed by atoms with van der Waals surface area (Å²) in [7, 11) is 0. The number of hydrogen-bond acceptors (Lipinski definition) is 4. The van der Waals surface area contributed by atoms with Crippen LogP contribution in [0.1, 0.15) is 41.8 Å². The van der Waals surface area contributed by atoms with Crippen molar-refractivity contribution in [2.45, 2.75) is 44.8 Å². The molecule has 29 heavy (non-hydrogen) atoms. The monoisotopic (exact) mass is 401 g/mol. The normalized spacial score (nSPS) is 21.4. The van der Waals surface area contributed by atoms with Crippen LogP contribution in [-0.4, -0.2) is 42.1 Å². The Hall–Kier alpha value is -2.87. The van der Waals surface area contributed by atoms with E-state index in [4.69, 9.17) is 9.15 Å². The first-order chi connectivity index (χ1) is 14.0. The zero-order valence-electron chi connectivity index (χ0n) is 16.2. The first-order valence-corrected chi connectivity index (χ1v) is 9.87. The fourth-order valence-corrected chi connectivity index (χ4v) is 4.05. The number of furan rings is 1. The summed E-state index contributed by atoms with van der Waals surface area (Å²) in [6.07, 6.45) is 5.58. The molecule has 2 N–H and O–H groups in total. The van der Waals surface area contributed by atoms with Crippen molar-refractivity contribution in [3.63, 3.8) is 0 Å². The Balaban J connectivity index is 1.46. The Morgan fingerprint density at radius 2 is 2.00 bits per heavy atom. The lowest BCUT2D eigenvalue weighted by atomic mass is 9.90. The van der Waals surface area contributed by atoms with Crippen molar-refractivity contribution in [3.8, 4) is 0 Å². The number of carbonyl (C=O) groups is 2. The third-order valence-corrected chi connectivity index (χ3v) is 5.56. The summed E-state index contributed by atoms with van der Waals surface area (Å²) in [6.45, 7) is 2.70. The van der Waals surface area contributed by atoms with Crippen LogP contribution >= 0.6 is 0 Å². The molecule has 1 aromatic carbocycles. The van der Waals surface area contributed by atoms with E-state index >= 15 is 0 Å². The Morgan fingerprint density at radius 3 is 2.79 bits per heavy atom. The number of morpholine rings is 1. The summed E-state index contributed by atoms with van der Waals surface area (Å²) in [5.41, 5.74) is 0.732. The lowest BCUT2D eigenvalue weighted by Crippen LogP contribution is -2.55. The molecule has 0 spiro atoms. The lowest BCUT2D eigenvalue weighted by molar-refractivity contribution is -0.0694. The van der Waals surface area contributed by atoms with Gasteiger partial charge in [-0.05, 0) is 44.0 Å². The van der Waals surface area contributed by atoms with E-state index in [1.165, 1.54) is 30.5 Å². The molecule has 0 bridgehead atoms. The largest absolute Gasteiger partial charge is 0.469 e. The molecule has 1 saturated heterocycles. The average Bonchev–Trinajstić information content (AvgIpc) is 3.16.